The Morgan fingerprint density at radius 2 is 1.72 bits per heavy atom. The fourth-order valence-corrected chi connectivity index (χ4v) is 5.46. The van der Waals surface area contributed by atoms with Crippen molar-refractivity contribution in [3.63, 3.8) is 0 Å². The summed E-state index contributed by atoms with van der Waals surface area (Å²) in [5.41, 5.74) is 0.484. The first-order chi connectivity index (χ1) is 15.3. The molecule has 0 aromatic heterocycles. The lowest BCUT2D eigenvalue weighted by molar-refractivity contribution is -0.387. The van der Waals surface area contributed by atoms with Gasteiger partial charge in [0.25, 0.3) is 5.69 Å². The van der Waals surface area contributed by atoms with Crippen LogP contribution in [0.3, 0.4) is 0 Å². The van der Waals surface area contributed by atoms with Crippen LogP contribution in [-0.2, 0) is 21.4 Å². The molecule has 1 saturated carbocycles. The summed E-state index contributed by atoms with van der Waals surface area (Å²) < 4.78 is 32.4. The molecule has 1 aliphatic rings. The van der Waals surface area contributed by atoms with Gasteiger partial charge in [-0.2, -0.15) is 4.31 Å². The smallest absolute Gasteiger partial charge is 0.407 e. The first kappa shape index (κ1) is 23.7. The van der Waals surface area contributed by atoms with Crippen LogP contribution in [-0.4, -0.2) is 43.4 Å². The van der Waals surface area contributed by atoms with E-state index in [4.69, 9.17) is 4.74 Å². The molecule has 0 aliphatic heterocycles. The van der Waals surface area contributed by atoms with Crippen molar-refractivity contribution in [2.45, 2.75) is 43.2 Å². The number of carbonyl (C=O) groups excluding carboxylic acids is 1. The summed E-state index contributed by atoms with van der Waals surface area (Å²) in [6.45, 7) is 0.661. The summed E-state index contributed by atoms with van der Waals surface area (Å²) in [5, 5.41) is 14.0. The molecular weight excluding hydrogens is 434 g/mol. The van der Waals surface area contributed by atoms with Gasteiger partial charge in [0.1, 0.15) is 6.61 Å². The Bertz CT molecular complexity index is 1040. The third kappa shape index (κ3) is 5.83. The van der Waals surface area contributed by atoms with E-state index >= 15 is 0 Å². The number of nitro benzene ring substituents is 1. The average molecular weight is 462 g/mol. The molecular formula is C22H27N3O6S. The average Bonchev–Trinajstić information content (AvgIpc) is 2.82. The minimum atomic E-state index is -3.99. The number of alkyl carbamates (subject to hydrolysis) is 1. The van der Waals surface area contributed by atoms with E-state index in [2.05, 4.69) is 5.32 Å². The summed E-state index contributed by atoms with van der Waals surface area (Å²) in [5.74, 6) is 0.220. The third-order valence-electron chi connectivity index (χ3n) is 5.80. The Labute approximate surface area is 187 Å². The number of ether oxygens (including phenoxy) is 1. The van der Waals surface area contributed by atoms with Crippen molar-refractivity contribution in [1.29, 1.82) is 0 Å². The molecule has 0 unspecified atom stereocenters. The van der Waals surface area contributed by atoms with E-state index in [0.717, 1.165) is 18.4 Å². The third-order valence-corrected chi connectivity index (χ3v) is 7.75. The van der Waals surface area contributed by atoms with Gasteiger partial charge in [0, 0.05) is 25.7 Å². The second-order valence-electron chi connectivity index (χ2n) is 7.86. The van der Waals surface area contributed by atoms with Crippen LogP contribution in [0.15, 0.2) is 59.5 Å². The van der Waals surface area contributed by atoms with Gasteiger partial charge in [0.2, 0.25) is 10.0 Å². The molecule has 1 fully saturated rings. The van der Waals surface area contributed by atoms with E-state index in [1.54, 1.807) is 0 Å². The summed E-state index contributed by atoms with van der Waals surface area (Å²) in [4.78, 5) is 22.2. The molecule has 2 aromatic rings. The summed E-state index contributed by atoms with van der Waals surface area (Å²) in [7, 11) is -2.52. The first-order valence-electron chi connectivity index (χ1n) is 10.4. The Kier molecular flexibility index (Phi) is 7.81. The van der Waals surface area contributed by atoms with Gasteiger partial charge in [0.05, 0.1) is 4.92 Å². The van der Waals surface area contributed by atoms with Crippen LogP contribution < -0.4 is 5.32 Å². The van der Waals surface area contributed by atoms with E-state index in [0.29, 0.717) is 19.4 Å². The molecule has 0 radical (unpaired) electrons. The number of para-hydroxylation sites is 1. The topological polar surface area (TPSA) is 119 Å². The monoisotopic (exact) mass is 461 g/mol. The van der Waals surface area contributed by atoms with E-state index < -0.39 is 26.7 Å². The zero-order valence-corrected chi connectivity index (χ0v) is 18.7. The van der Waals surface area contributed by atoms with Crippen LogP contribution in [0.1, 0.15) is 31.2 Å². The number of hydrogen-bond acceptors (Lipinski definition) is 6. The molecule has 0 spiro atoms. The molecule has 2 aromatic carbocycles. The second kappa shape index (κ2) is 10.6. The van der Waals surface area contributed by atoms with Crippen LogP contribution in [0.4, 0.5) is 10.5 Å². The molecule has 10 heteroatoms. The number of sulfonamides is 1. The molecule has 172 valence electrons. The maximum atomic E-state index is 13.0. The van der Waals surface area contributed by atoms with Crippen molar-refractivity contribution in [3.05, 3.63) is 70.3 Å². The molecule has 0 heterocycles. The molecule has 3 rings (SSSR count). The van der Waals surface area contributed by atoms with Crippen molar-refractivity contribution in [2.75, 3.05) is 13.6 Å². The Hall–Kier alpha value is -2.98. The maximum absolute atomic E-state index is 13.0. The largest absolute Gasteiger partial charge is 0.445 e. The van der Waals surface area contributed by atoms with Crippen LogP contribution in [0, 0.1) is 16.0 Å². The van der Waals surface area contributed by atoms with Crippen molar-refractivity contribution in [3.8, 4) is 0 Å². The standard InChI is InChI=1S/C22H27N3O6S/c1-24(32(29,30)21-10-6-5-9-20(21)25(27)28)19-13-11-17(12-14-19)15-23-22(26)31-16-18-7-3-2-4-8-18/h2-10,17,19H,11-16H2,1H3,(H,23,26)/t17-,19-. The Balaban J connectivity index is 1.49. The van der Waals surface area contributed by atoms with Crippen LogP contribution in [0.25, 0.3) is 0 Å². The summed E-state index contributed by atoms with van der Waals surface area (Å²) in [6.07, 6.45) is 2.22. The molecule has 0 saturated heterocycles. The highest BCUT2D eigenvalue weighted by Gasteiger charge is 2.35. The number of amides is 1. The van der Waals surface area contributed by atoms with Gasteiger partial charge in [-0.3, -0.25) is 10.1 Å². The minimum absolute atomic E-state index is 0.202. The first-order valence-corrected chi connectivity index (χ1v) is 11.9. The molecule has 32 heavy (non-hydrogen) atoms. The molecule has 1 N–H and O–H groups in total. The molecule has 1 aliphatic carbocycles. The zero-order valence-electron chi connectivity index (χ0n) is 17.8. The van der Waals surface area contributed by atoms with E-state index in [-0.39, 0.29) is 23.5 Å². The SMILES string of the molecule is CN([C@H]1CC[C@H](CNC(=O)OCc2ccccc2)CC1)S(=O)(=O)c1ccccc1[N+](=O)[O-]. The van der Waals surface area contributed by atoms with E-state index in [1.807, 2.05) is 30.3 Å². The van der Waals surface area contributed by atoms with Crippen molar-refractivity contribution < 1.29 is 22.9 Å². The van der Waals surface area contributed by atoms with Gasteiger partial charge < -0.3 is 10.1 Å². The quantitative estimate of drug-likeness (QED) is 0.473. The number of nitrogens with one attached hydrogen (secondary N) is 1. The van der Waals surface area contributed by atoms with E-state index in [1.165, 1.54) is 35.6 Å². The van der Waals surface area contributed by atoms with E-state index in [9.17, 15) is 23.3 Å². The van der Waals surface area contributed by atoms with Gasteiger partial charge in [-0.15, -0.1) is 0 Å². The number of nitro groups is 1. The molecule has 0 bridgehead atoms. The summed E-state index contributed by atoms with van der Waals surface area (Å²) in [6, 6.07) is 14.5. The number of hydrogen-bond donors (Lipinski definition) is 1. The number of carbonyl (C=O) groups is 1. The number of benzene rings is 2. The highest BCUT2D eigenvalue weighted by Crippen LogP contribution is 2.32. The highest BCUT2D eigenvalue weighted by atomic mass is 32.2. The van der Waals surface area contributed by atoms with Crippen LogP contribution >= 0.6 is 0 Å². The van der Waals surface area contributed by atoms with Gasteiger partial charge in [-0.25, -0.2) is 13.2 Å². The van der Waals surface area contributed by atoms with Crippen molar-refractivity contribution in [2.24, 2.45) is 5.92 Å². The minimum Gasteiger partial charge on any atom is -0.445 e. The fraction of sp³-hybridized carbons (Fsp3) is 0.409. The molecule has 0 atom stereocenters. The maximum Gasteiger partial charge on any atom is 0.407 e. The van der Waals surface area contributed by atoms with Gasteiger partial charge in [-0.1, -0.05) is 42.5 Å². The van der Waals surface area contributed by atoms with Gasteiger partial charge >= 0.3 is 6.09 Å². The molecule has 9 nitrogen and oxygen atoms in total. The molecule has 1 amide bonds. The zero-order chi connectivity index (χ0) is 23.1. The normalized spacial score (nSPS) is 18.8. The Morgan fingerprint density at radius 1 is 1.09 bits per heavy atom. The van der Waals surface area contributed by atoms with Crippen LogP contribution in [0.5, 0.6) is 0 Å². The second-order valence-corrected chi connectivity index (χ2v) is 9.83. The lowest BCUT2D eigenvalue weighted by Crippen LogP contribution is -2.41. The lowest BCUT2D eigenvalue weighted by Gasteiger charge is -2.33. The predicted octanol–water partition coefficient (Wildman–Crippen LogP) is 3.70. The summed E-state index contributed by atoms with van der Waals surface area (Å²) >= 11 is 0. The fourth-order valence-electron chi connectivity index (χ4n) is 3.89. The number of rotatable bonds is 8. The van der Waals surface area contributed by atoms with Crippen LogP contribution in [0.2, 0.25) is 0 Å². The lowest BCUT2D eigenvalue weighted by atomic mass is 9.86. The highest BCUT2D eigenvalue weighted by molar-refractivity contribution is 7.89. The van der Waals surface area contributed by atoms with Gasteiger partial charge in [-0.05, 0) is 43.2 Å². The Morgan fingerprint density at radius 3 is 2.38 bits per heavy atom. The van der Waals surface area contributed by atoms with Gasteiger partial charge in [0.15, 0.2) is 4.90 Å². The van der Waals surface area contributed by atoms with Crippen molar-refractivity contribution >= 4 is 21.8 Å². The van der Waals surface area contributed by atoms with Crippen molar-refractivity contribution in [1.82, 2.24) is 9.62 Å². The predicted molar refractivity (Wildman–Crippen MR) is 118 cm³/mol. The number of nitrogens with zero attached hydrogens (tertiary/aromatic N) is 2.